The number of nitrogens with one attached hydrogen (secondary N) is 1. The standard InChI is InChI=1S/C17H26ClFN2/c1-4-17(5-2)12-21(13(3)8-9-20-17)11-14-6-7-15(19)10-16(14)18/h6-7,10,13,20H,4-5,8-9,11-12H2,1-3H3. The molecule has 2 rings (SSSR count). The van der Waals surface area contributed by atoms with Gasteiger partial charge >= 0.3 is 0 Å². The Morgan fingerprint density at radius 2 is 2.10 bits per heavy atom. The summed E-state index contributed by atoms with van der Waals surface area (Å²) in [6.07, 6.45) is 3.36. The smallest absolute Gasteiger partial charge is 0.124 e. The van der Waals surface area contributed by atoms with Crippen LogP contribution in [-0.2, 0) is 6.54 Å². The van der Waals surface area contributed by atoms with Crippen LogP contribution in [0.3, 0.4) is 0 Å². The molecule has 1 N–H and O–H groups in total. The molecule has 0 aromatic heterocycles. The van der Waals surface area contributed by atoms with Gasteiger partial charge in [0.05, 0.1) is 0 Å². The molecule has 0 bridgehead atoms. The van der Waals surface area contributed by atoms with Crippen LogP contribution in [0.4, 0.5) is 4.39 Å². The molecule has 0 saturated carbocycles. The molecule has 1 aromatic carbocycles. The van der Waals surface area contributed by atoms with E-state index in [1.54, 1.807) is 0 Å². The average molecular weight is 313 g/mol. The van der Waals surface area contributed by atoms with Crippen molar-refractivity contribution >= 4 is 11.6 Å². The van der Waals surface area contributed by atoms with Crippen LogP contribution in [0.15, 0.2) is 18.2 Å². The number of halogens is 2. The van der Waals surface area contributed by atoms with E-state index in [0.29, 0.717) is 11.1 Å². The molecule has 1 aliphatic heterocycles. The molecule has 2 nitrogen and oxygen atoms in total. The Hall–Kier alpha value is -0.640. The van der Waals surface area contributed by atoms with E-state index in [1.165, 1.54) is 12.1 Å². The number of hydrogen-bond donors (Lipinski definition) is 1. The third-order valence-electron chi connectivity index (χ3n) is 4.93. The van der Waals surface area contributed by atoms with Gasteiger partial charge in [-0.05, 0) is 50.4 Å². The second kappa shape index (κ2) is 7.08. The van der Waals surface area contributed by atoms with Gasteiger partial charge in [0.1, 0.15) is 5.82 Å². The Morgan fingerprint density at radius 3 is 2.71 bits per heavy atom. The van der Waals surface area contributed by atoms with Crippen LogP contribution in [0.25, 0.3) is 0 Å². The van der Waals surface area contributed by atoms with E-state index in [-0.39, 0.29) is 11.4 Å². The van der Waals surface area contributed by atoms with E-state index in [0.717, 1.165) is 44.5 Å². The summed E-state index contributed by atoms with van der Waals surface area (Å²) >= 11 is 6.19. The van der Waals surface area contributed by atoms with Crippen LogP contribution >= 0.6 is 11.6 Å². The highest BCUT2D eigenvalue weighted by atomic mass is 35.5. The topological polar surface area (TPSA) is 15.3 Å². The Morgan fingerprint density at radius 1 is 1.38 bits per heavy atom. The van der Waals surface area contributed by atoms with Gasteiger partial charge in [-0.25, -0.2) is 4.39 Å². The fraction of sp³-hybridized carbons (Fsp3) is 0.647. The SMILES string of the molecule is CCC1(CC)CN(Cc2ccc(F)cc2Cl)C(C)CCN1. The van der Waals surface area contributed by atoms with Crippen molar-refractivity contribution < 1.29 is 4.39 Å². The summed E-state index contributed by atoms with van der Waals surface area (Å²) in [6.45, 7) is 9.60. The fourth-order valence-electron chi connectivity index (χ4n) is 3.13. The molecule has 0 radical (unpaired) electrons. The van der Waals surface area contributed by atoms with Crippen molar-refractivity contribution in [3.8, 4) is 0 Å². The molecule has 1 fully saturated rings. The first-order chi connectivity index (χ1) is 9.99. The zero-order chi connectivity index (χ0) is 15.5. The molecule has 1 aromatic rings. The first kappa shape index (κ1) is 16.7. The van der Waals surface area contributed by atoms with E-state index in [9.17, 15) is 4.39 Å². The van der Waals surface area contributed by atoms with E-state index in [4.69, 9.17) is 11.6 Å². The van der Waals surface area contributed by atoms with Gasteiger partial charge < -0.3 is 5.32 Å². The van der Waals surface area contributed by atoms with Gasteiger partial charge in [0, 0.05) is 29.7 Å². The molecule has 1 unspecified atom stereocenters. The Kier molecular flexibility index (Phi) is 5.64. The van der Waals surface area contributed by atoms with Crippen molar-refractivity contribution in [1.82, 2.24) is 10.2 Å². The van der Waals surface area contributed by atoms with Gasteiger partial charge in [-0.3, -0.25) is 4.90 Å². The zero-order valence-electron chi connectivity index (χ0n) is 13.3. The van der Waals surface area contributed by atoms with Gasteiger partial charge in [-0.15, -0.1) is 0 Å². The number of nitrogens with zero attached hydrogens (tertiary/aromatic N) is 1. The summed E-state index contributed by atoms with van der Waals surface area (Å²) in [7, 11) is 0. The number of rotatable bonds is 4. The minimum absolute atomic E-state index is 0.178. The van der Waals surface area contributed by atoms with E-state index < -0.39 is 0 Å². The molecule has 4 heteroatoms. The van der Waals surface area contributed by atoms with Gasteiger partial charge in [-0.1, -0.05) is 31.5 Å². The highest BCUT2D eigenvalue weighted by molar-refractivity contribution is 6.31. The van der Waals surface area contributed by atoms with Crippen LogP contribution in [0, 0.1) is 5.82 Å². The molecule has 1 atom stereocenters. The van der Waals surface area contributed by atoms with Crippen molar-refractivity contribution in [3.05, 3.63) is 34.6 Å². The third kappa shape index (κ3) is 3.97. The van der Waals surface area contributed by atoms with Crippen molar-refractivity contribution in [2.45, 2.75) is 58.2 Å². The molecule has 1 heterocycles. The molecular weight excluding hydrogens is 287 g/mol. The molecule has 0 amide bonds. The summed E-state index contributed by atoms with van der Waals surface area (Å²) in [5.41, 5.74) is 1.19. The Balaban J connectivity index is 2.18. The Bertz CT molecular complexity index is 474. The predicted octanol–water partition coefficient (Wildman–Crippen LogP) is 4.22. The summed E-state index contributed by atoms with van der Waals surface area (Å²) < 4.78 is 13.2. The largest absolute Gasteiger partial charge is 0.310 e. The van der Waals surface area contributed by atoms with Crippen molar-refractivity contribution in [3.63, 3.8) is 0 Å². The minimum atomic E-state index is -0.272. The van der Waals surface area contributed by atoms with Crippen molar-refractivity contribution in [1.29, 1.82) is 0 Å². The lowest BCUT2D eigenvalue weighted by Crippen LogP contribution is -2.51. The Labute approximate surface area is 132 Å². The molecule has 1 saturated heterocycles. The molecule has 0 spiro atoms. The maximum atomic E-state index is 13.2. The fourth-order valence-corrected chi connectivity index (χ4v) is 3.36. The van der Waals surface area contributed by atoms with Crippen molar-refractivity contribution in [2.75, 3.05) is 13.1 Å². The summed E-state index contributed by atoms with van der Waals surface area (Å²) in [5, 5.41) is 4.26. The van der Waals surface area contributed by atoms with E-state index >= 15 is 0 Å². The molecule has 21 heavy (non-hydrogen) atoms. The summed E-state index contributed by atoms with van der Waals surface area (Å²) in [4.78, 5) is 2.48. The second-order valence-corrected chi connectivity index (χ2v) is 6.60. The van der Waals surface area contributed by atoms with Crippen LogP contribution in [0.1, 0.15) is 45.6 Å². The van der Waals surface area contributed by atoms with Crippen LogP contribution < -0.4 is 5.32 Å². The number of hydrogen-bond acceptors (Lipinski definition) is 2. The van der Waals surface area contributed by atoms with Crippen LogP contribution in [0.2, 0.25) is 5.02 Å². The number of benzene rings is 1. The van der Waals surface area contributed by atoms with Gasteiger partial charge in [0.2, 0.25) is 0 Å². The third-order valence-corrected chi connectivity index (χ3v) is 5.29. The first-order valence-electron chi connectivity index (χ1n) is 7.92. The first-order valence-corrected chi connectivity index (χ1v) is 8.30. The monoisotopic (exact) mass is 312 g/mol. The van der Waals surface area contributed by atoms with E-state index in [1.807, 2.05) is 6.07 Å². The van der Waals surface area contributed by atoms with Crippen molar-refractivity contribution in [2.24, 2.45) is 0 Å². The van der Waals surface area contributed by atoms with Gasteiger partial charge in [-0.2, -0.15) is 0 Å². The molecule has 1 aliphatic rings. The molecule has 0 aliphatic carbocycles. The second-order valence-electron chi connectivity index (χ2n) is 6.19. The lowest BCUT2D eigenvalue weighted by atomic mass is 9.92. The lowest BCUT2D eigenvalue weighted by Gasteiger charge is -2.37. The maximum absolute atomic E-state index is 13.2. The highest BCUT2D eigenvalue weighted by Gasteiger charge is 2.33. The summed E-state index contributed by atoms with van der Waals surface area (Å²) in [6, 6.07) is 5.21. The average Bonchev–Trinajstić information content (AvgIpc) is 2.62. The normalized spacial score (nSPS) is 23.0. The van der Waals surface area contributed by atoms with Crippen LogP contribution in [0.5, 0.6) is 0 Å². The zero-order valence-corrected chi connectivity index (χ0v) is 14.0. The van der Waals surface area contributed by atoms with Crippen LogP contribution in [-0.4, -0.2) is 29.6 Å². The van der Waals surface area contributed by atoms with E-state index in [2.05, 4.69) is 31.0 Å². The van der Waals surface area contributed by atoms with Gasteiger partial charge in [0.25, 0.3) is 0 Å². The predicted molar refractivity (Wildman–Crippen MR) is 87.2 cm³/mol. The maximum Gasteiger partial charge on any atom is 0.124 e. The quantitative estimate of drug-likeness (QED) is 0.895. The molecular formula is C17H26ClFN2. The van der Waals surface area contributed by atoms with Gasteiger partial charge in [0.15, 0.2) is 0 Å². The lowest BCUT2D eigenvalue weighted by molar-refractivity contribution is 0.152. The highest BCUT2D eigenvalue weighted by Crippen LogP contribution is 2.26. The minimum Gasteiger partial charge on any atom is -0.310 e. The summed E-state index contributed by atoms with van der Waals surface area (Å²) in [5.74, 6) is -0.272. The molecule has 118 valence electrons.